The molecule has 0 saturated carbocycles. The van der Waals surface area contributed by atoms with E-state index in [1.807, 2.05) is 67.6 Å². The Hall–Kier alpha value is -3.18. The average molecular weight is 344 g/mol. The second-order valence-corrected chi connectivity index (χ2v) is 6.45. The first-order valence-electron chi connectivity index (χ1n) is 8.61. The Bertz CT molecular complexity index is 1090. The van der Waals surface area contributed by atoms with Gasteiger partial charge in [0.25, 0.3) is 0 Å². The number of hydrogen-bond donors (Lipinski definition) is 3. The van der Waals surface area contributed by atoms with E-state index in [-0.39, 0.29) is 11.8 Å². The van der Waals surface area contributed by atoms with Gasteiger partial charge in [-0.2, -0.15) is 0 Å². The van der Waals surface area contributed by atoms with Crippen molar-refractivity contribution in [2.24, 2.45) is 5.73 Å². The van der Waals surface area contributed by atoms with Crippen LogP contribution in [0.2, 0.25) is 0 Å². The highest BCUT2D eigenvalue weighted by Gasteiger charge is 2.14. The molecule has 0 aliphatic rings. The molecule has 0 fully saturated rings. The van der Waals surface area contributed by atoms with Crippen molar-refractivity contribution in [3.05, 3.63) is 60.7 Å². The van der Waals surface area contributed by atoms with Crippen LogP contribution in [0.4, 0.5) is 5.82 Å². The summed E-state index contributed by atoms with van der Waals surface area (Å²) in [5, 5.41) is 16.7. The van der Waals surface area contributed by atoms with Crippen LogP contribution < -0.4 is 11.1 Å². The van der Waals surface area contributed by atoms with Gasteiger partial charge < -0.3 is 16.2 Å². The first-order chi connectivity index (χ1) is 12.6. The van der Waals surface area contributed by atoms with E-state index in [9.17, 15) is 5.11 Å². The van der Waals surface area contributed by atoms with Gasteiger partial charge in [-0.25, -0.2) is 9.97 Å². The largest absolute Gasteiger partial charge is 0.507 e. The molecule has 0 aliphatic carbocycles. The molecule has 3 aromatic carbocycles. The van der Waals surface area contributed by atoms with Gasteiger partial charge in [-0.3, -0.25) is 0 Å². The second-order valence-electron chi connectivity index (χ2n) is 6.45. The van der Waals surface area contributed by atoms with Crippen molar-refractivity contribution >= 4 is 27.5 Å². The molecule has 4 aromatic rings. The van der Waals surface area contributed by atoms with Gasteiger partial charge in [0.05, 0.1) is 11.1 Å². The number of nitrogens with zero attached hydrogens (tertiary/aromatic N) is 2. The Balaban J connectivity index is 1.90. The molecule has 5 heteroatoms. The lowest BCUT2D eigenvalue weighted by atomic mass is 10.0. The maximum absolute atomic E-state index is 10.8. The first-order valence-corrected chi connectivity index (χ1v) is 8.61. The summed E-state index contributed by atoms with van der Waals surface area (Å²) in [6.07, 6.45) is 0. The van der Waals surface area contributed by atoms with E-state index in [0.717, 1.165) is 27.5 Å². The monoisotopic (exact) mass is 344 g/mol. The third-order valence-corrected chi connectivity index (χ3v) is 4.34. The minimum absolute atomic E-state index is 0.00116. The summed E-state index contributed by atoms with van der Waals surface area (Å²) in [6, 6.07) is 19.4. The van der Waals surface area contributed by atoms with E-state index in [1.54, 1.807) is 0 Å². The van der Waals surface area contributed by atoms with E-state index in [4.69, 9.17) is 5.73 Å². The van der Waals surface area contributed by atoms with Crippen molar-refractivity contribution < 1.29 is 5.11 Å². The quantitative estimate of drug-likeness (QED) is 0.523. The van der Waals surface area contributed by atoms with Crippen molar-refractivity contribution in [3.8, 4) is 17.1 Å². The van der Waals surface area contributed by atoms with Crippen LogP contribution in [0.3, 0.4) is 0 Å². The number of hydrogen-bond acceptors (Lipinski definition) is 5. The van der Waals surface area contributed by atoms with Gasteiger partial charge in [0.2, 0.25) is 0 Å². The number of phenolic OH excluding ortho intramolecular Hbond substituents is 1. The van der Waals surface area contributed by atoms with E-state index in [1.165, 1.54) is 0 Å². The van der Waals surface area contributed by atoms with Gasteiger partial charge in [-0.05, 0) is 30.5 Å². The number of nitrogens with one attached hydrogen (secondary N) is 1. The average Bonchev–Trinajstić information content (AvgIpc) is 2.66. The highest BCUT2D eigenvalue weighted by Crippen LogP contribution is 2.35. The molecule has 0 spiro atoms. The van der Waals surface area contributed by atoms with Gasteiger partial charge in [0, 0.05) is 23.4 Å². The van der Waals surface area contributed by atoms with Crippen LogP contribution >= 0.6 is 0 Å². The minimum atomic E-state index is 0.00116. The zero-order valence-electron chi connectivity index (χ0n) is 14.5. The summed E-state index contributed by atoms with van der Waals surface area (Å²) < 4.78 is 0. The molecule has 26 heavy (non-hydrogen) atoms. The summed E-state index contributed by atoms with van der Waals surface area (Å²) in [4.78, 5) is 9.33. The van der Waals surface area contributed by atoms with Crippen LogP contribution in [0.5, 0.6) is 5.75 Å². The summed E-state index contributed by atoms with van der Waals surface area (Å²) in [7, 11) is 0. The fourth-order valence-corrected chi connectivity index (χ4v) is 3.03. The third-order valence-electron chi connectivity index (χ3n) is 4.34. The lowest BCUT2D eigenvalue weighted by Gasteiger charge is -2.13. The lowest BCUT2D eigenvalue weighted by Crippen LogP contribution is -2.25. The number of nitrogens with two attached hydrogens (primary N) is 1. The van der Waals surface area contributed by atoms with Crippen molar-refractivity contribution in [1.82, 2.24) is 9.97 Å². The van der Waals surface area contributed by atoms with E-state index in [2.05, 4.69) is 15.3 Å². The molecule has 4 N–H and O–H groups in total. The fraction of sp³-hybridized carbons (Fsp3) is 0.143. The molecule has 0 bridgehead atoms. The Kier molecular flexibility index (Phi) is 4.14. The first kappa shape index (κ1) is 16.3. The zero-order valence-corrected chi connectivity index (χ0v) is 14.5. The normalized spacial score (nSPS) is 12.4. The Morgan fingerprint density at radius 1 is 0.962 bits per heavy atom. The molecule has 0 radical (unpaired) electrons. The molecule has 1 atom stereocenters. The van der Waals surface area contributed by atoms with Crippen molar-refractivity contribution in [2.45, 2.75) is 13.0 Å². The predicted molar refractivity (Wildman–Crippen MR) is 106 cm³/mol. The minimum Gasteiger partial charge on any atom is -0.507 e. The number of rotatable bonds is 4. The highest BCUT2D eigenvalue weighted by molar-refractivity contribution is 5.95. The van der Waals surface area contributed by atoms with Gasteiger partial charge >= 0.3 is 0 Å². The van der Waals surface area contributed by atoms with Crippen LogP contribution in [0, 0.1) is 0 Å². The maximum atomic E-state index is 10.8. The van der Waals surface area contributed by atoms with Crippen LogP contribution in [-0.2, 0) is 0 Å². The molecule has 0 amide bonds. The SMILES string of the molecule is C[C@@H](N)CNc1nc(-c2ccc3ccccc3c2O)nc2ccccc12. The second kappa shape index (κ2) is 6.61. The van der Waals surface area contributed by atoms with Gasteiger partial charge in [-0.15, -0.1) is 0 Å². The third kappa shape index (κ3) is 2.93. The summed E-state index contributed by atoms with van der Waals surface area (Å²) in [6.45, 7) is 2.54. The standard InChI is InChI=1S/C21H20N4O/c1-13(22)12-23-20-16-8-4-5-9-18(16)24-21(25-20)17-11-10-14-6-2-3-7-15(14)19(17)26/h2-11,13,26H,12,22H2,1H3,(H,23,24,25)/t13-/m1/s1. The number of anilines is 1. The van der Waals surface area contributed by atoms with E-state index in [0.29, 0.717) is 17.9 Å². The topological polar surface area (TPSA) is 84.1 Å². The van der Waals surface area contributed by atoms with Crippen LogP contribution in [0.1, 0.15) is 6.92 Å². The number of para-hydroxylation sites is 1. The predicted octanol–water partition coefficient (Wildman–Crippen LogP) is 3.91. The smallest absolute Gasteiger partial charge is 0.165 e. The highest BCUT2D eigenvalue weighted by atomic mass is 16.3. The van der Waals surface area contributed by atoms with Crippen molar-refractivity contribution in [1.29, 1.82) is 0 Å². The van der Waals surface area contributed by atoms with Crippen molar-refractivity contribution in [2.75, 3.05) is 11.9 Å². The molecule has 130 valence electrons. The summed E-state index contributed by atoms with van der Waals surface area (Å²) in [5.74, 6) is 1.39. The molecule has 1 aromatic heterocycles. The Morgan fingerprint density at radius 3 is 2.50 bits per heavy atom. The fourth-order valence-electron chi connectivity index (χ4n) is 3.03. The maximum Gasteiger partial charge on any atom is 0.165 e. The van der Waals surface area contributed by atoms with Crippen LogP contribution in [0.25, 0.3) is 33.1 Å². The molecule has 4 rings (SSSR count). The molecule has 1 heterocycles. The van der Waals surface area contributed by atoms with E-state index < -0.39 is 0 Å². The molecular weight excluding hydrogens is 324 g/mol. The van der Waals surface area contributed by atoms with E-state index >= 15 is 0 Å². The molecular formula is C21H20N4O. The van der Waals surface area contributed by atoms with Crippen molar-refractivity contribution in [3.63, 3.8) is 0 Å². The number of aromatic nitrogens is 2. The number of aromatic hydroxyl groups is 1. The Morgan fingerprint density at radius 2 is 1.69 bits per heavy atom. The number of fused-ring (bicyclic) bond motifs is 2. The Labute approximate surface area is 151 Å². The van der Waals surface area contributed by atoms with Crippen LogP contribution in [0.15, 0.2) is 60.7 Å². The molecule has 0 saturated heterocycles. The summed E-state index contributed by atoms with van der Waals surface area (Å²) >= 11 is 0. The summed E-state index contributed by atoms with van der Waals surface area (Å²) in [5.41, 5.74) is 7.30. The molecule has 0 unspecified atom stereocenters. The lowest BCUT2D eigenvalue weighted by molar-refractivity contribution is 0.483. The van der Waals surface area contributed by atoms with Gasteiger partial charge in [0.1, 0.15) is 11.6 Å². The molecule has 0 aliphatic heterocycles. The molecule has 5 nitrogen and oxygen atoms in total. The van der Waals surface area contributed by atoms with Crippen LogP contribution in [-0.4, -0.2) is 27.7 Å². The number of phenols is 1. The van der Waals surface area contributed by atoms with Gasteiger partial charge in [-0.1, -0.05) is 42.5 Å². The number of benzene rings is 3. The van der Waals surface area contributed by atoms with Gasteiger partial charge in [0.15, 0.2) is 5.82 Å². The zero-order chi connectivity index (χ0) is 18.1.